The van der Waals surface area contributed by atoms with E-state index in [2.05, 4.69) is 0 Å². The molecular weight excluding hydrogens is 352 g/mol. The Kier molecular flexibility index (Phi) is 6.29. The van der Waals surface area contributed by atoms with Crippen molar-refractivity contribution in [1.82, 2.24) is 0 Å². The lowest BCUT2D eigenvalue weighted by Crippen LogP contribution is -2.19. The van der Waals surface area contributed by atoms with E-state index in [-0.39, 0.29) is 16.9 Å². The first kappa shape index (κ1) is 18.5. The summed E-state index contributed by atoms with van der Waals surface area (Å²) in [5.41, 5.74) is 0.376. The quantitative estimate of drug-likeness (QED) is 0.528. The summed E-state index contributed by atoms with van der Waals surface area (Å²) in [4.78, 5) is 25.0. The fraction of sp³-hybridized carbons (Fsp3) is 0.333. The zero-order valence-corrected chi connectivity index (χ0v) is 15.2. The van der Waals surface area contributed by atoms with Gasteiger partial charge < -0.3 is 9.47 Å². The van der Waals surface area contributed by atoms with E-state index in [1.807, 2.05) is 0 Å². The van der Waals surface area contributed by atoms with Crippen molar-refractivity contribution in [2.24, 2.45) is 5.92 Å². The van der Waals surface area contributed by atoms with Crippen LogP contribution in [0.4, 0.5) is 0 Å². The summed E-state index contributed by atoms with van der Waals surface area (Å²) >= 11 is 6.02. The Morgan fingerprint density at radius 2 is 1.50 bits per heavy atom. The number of esters is 2. The van der Waals surface area contributed by atoms with Gasteiger partial charge in [-0.2, -0.15) is 0 Å². The molecule has 1 aliphatic rings. The van der Waals surface area contributed by atoms with Gasteiger partial charge in [0.2, 0.25) is 0 Å². The van der Waals surface area contributed by atoms with Crippen molar-refractivity contribution in [1.29, 1.82) is 0 Å². The fourth-order valence-corrected chi connectivity index (χ4v) is 3.32. The van der Waals surface area contributed by atoms with E-state index < -0.39 is 11.9 Å². The Balaban J connectivity index is 1.69. The minimum Gasteiger partial charge on any atom is -0.462 e. The Morgan fingerprint density at radius 3 is 2.19 bits per heavy atom. The van der Waals surface area contributed by atoms with E-state index in [9.17, 15) is 9.59 Å². The van der Waals surface area contributed by atoms with Crippen LogP contribution in [-0.4, -0.2) is 18.5 Å². The Labute approximate surface area is 158 Å². The van der Waals surface area contributed by atoms with Gasteiger partial charge in [0.05, 0.1) is 22.8 Å². The number of hydrogen-bond donors (Lipinski definition) is 0. The van der Waals surface area contributed by atoms with Crippen LogP contribution in [0.2, 0.25) is 5.02 Å². The van der Waals surface area contributed by atoms with E-state index in [1.165, 1.54) is 19.3 Å². The number of carbonyl (C=O) groups is 2. The van der Waals surface area contributed by atoms with Crippen molar-refractivity contribution in [2.75, 3.05) is 6.61 Å². The second kappa shape index (κ2) is 8.86. The predicted octanol–water partition coefficient (Wildman–Crippen LogP) is 5.30. The second-order valence-electron chi connectivity index (χ2n) is 6.47. The lowest BCUT2D eigenvalue weighted by atomic mass is 9.90. The molecule has 0 N–H and O–H groups in total. The standard InChI is InChI=1S/C21H21ClO4/c22-18-12-6-7-13-19(18)26-21(24)17-11-5-4-10-16(17)20(23)25-14-15-8-2-1-3-9-15/h4-7,10-13,15H,1-3,8-9,14H2. The van der Waals surface area contributed by atoms with Crippen LogP contribution in [0.25, 0.3) is 0 Å². The summed E-state index contributed by atoms with van der Waals surface area (Å²) < 4.78 is 10.8. The molecule has 0 saturated heterocycles. The van der Waals surface area contributed by atoms with Crippen LogP contribution in [0.3, 0.4) is 0 Å². The van der Waals surface area contributed by atoms with Gasteiger partial charge in [-0.1, -0.05) is 55.1 Å². The average molecular weight is 373 g/mol. The fourth-order valence-electron chi connectivity index (χ4n) is 3.15. The van der Waals surface area contributed by atoms with Gasteiger partial charge in [0, 0.05) is 0 Å². The molecule has 0 aliphatic heterocycles. The third-order valence-corrected chi connectivity index (χ3v) is 4.89. The molecule has 0 unspecified atom stereocenters. The molecule has 1 fully saturated rings. The van der Waals surface area contributed by atoms with Gasteiger partial charge in [0.15, 0.2) is 0 Å². The SMILES string of the molecule is O=C(OCC1CCCCC1)c1ccccc1C(=O)Oc1ccccc1Cl. The Morgan fingerprint density at radius 1 is 0.885 bits per heavy atom. The highest BCUT2D eigenvalue weighted by atomic mass is 35.5. The van der Waals surface area contributed by atoms with Gasteiger partial charge in [-0.25, -0.2) is 9.59 Å². The lowest BCUT2D eigenvalue weighted by molar-refractivity contribution is 0.0404. The highest BCUT2D eigenvalue weighted by molar-refractivity contribution is 6.32. The molecular formula is C21H21ClO4. The first-order valence-electron chi connectivity index (χ1n) is 8.88. The monoisotopic (exact) mass is 372 g/mol. The summed E-state index contributed by atoms with van der Waals surface area (Å²) in [5, 5.41) is 0.332. The normalized spacial score (nSPS) is 14.7. The van der Waals surface area contributed by atoms with Gasteiger partial charge in [-0.05, 0) is 43.0 Å². The molecule has 0 amide bonds. The summed E-state index contributed by atoms with van der Waals surface area (Å²) in [6.07, 6.45) is 5.79. The predicted molar refractivity (Wildman–Crippen MR) is 99.7 cm³/mol. The van der Waals surface area contributed by atoms with Crippen LogP contribution in [0.15, 0.2) is 48.5 Å². The smallest absolute Gasteiger partial charge is 0.344 e. The van der Waals surface area contributed by atoms with Gasteiger partial charge >= 0.3 is 11.9 Å². The van der Waals surface area contributed by atoms with E-state index in [0.717, 1.165) is 12.8 Å². The number of para-hydroxylation sites is 1. The van der Waals surface area contributed by atoms with E-state index in [0.29, 0.717) is 17.5 Å². The van der Waals surface area contributed by atoms with Crippen LogP contribution in [0, 0.1) is 5.92 Å². The molecule has 0 heterocycles. The van der Waals surface area contributed by atoms with Gasteiger partial charge in [0.1, 0.15) is 5.75 Å². The summed E-state index contributed by atoms with van der Waals surface area (Å²) in [7, 11) is 0. The average Bonchev–Trinajstić information content (AvgIpc) is 2.68. The largest absolute Gasteiger partial charge is 0.462 e. The molecule has 0 atom stereocenters. The third-order valence-electron chi connectivity index (χ3n) is 4.58. The highest BCUT2D eigenvalue weighted by Crippen LogP contribution is 2.26. The molecule has 3 rings (SSSR count). The van der Waals surface area contributed by atoms with Crippen molar-refractivity contribution in [2.45, 2.75) is 32.1 Å². The number of hydrogen-bond acceptors (Lipinski definition) is 4. The minimum absolute atomic E-state index is 0.168. The molecule has 1 aliphatic carbocycles. The second-order valence-corrected chi connectivity index (χ2v) is 6.88. The number of carbonyl (C=O) groups excluding carboxylic acids is 2. The van der Waals surface area contributed by atoms with Crippen LogP contribution in [0.5, 0.6) is 5.75 Å². The molecule has 5 heteroatoms. The van der Waals surface area contributed by atoms with Crippen LogP contribution < -0.4 is 4.74 Å². The van der Waals surface area contributed by atoms with Gasteiger partial charge in [-0.3, -0.25) is 0 Å². The highest BCUT2D eigenvalue weighted by Gasteiger charge is 2.22. The number of rotatable bonds is 5. The Bertz CT molecular complexity index is 781. The van der Waals surface area contributed by atoms with Crippen molar-refractivity contribution >= 4 is 23.5 Å². The zero-order valence-electron chi connectivity index (χ0n) is 14.4. The first-order valence-corrected chi connectivity index (χ1v) is 9.26. The molecule has 0 bridgehead atoms. The number of benzene rings is 2. The van der Waals surface area contributed by atoms with Crippen molar-refractivity contribution in [3.05, 3.63) is 64.7 Å². The maximum Gasteiger partial charge on any atom is 0.344 e. The molecule has 0 radical (unpaired) electrons. The third kappa shape index (κ3) is 4.64. The van der Waals surface area contributed by atoms with E-state index >= 15 is 0 Å². The maximum atomic E-state index is 12.5. The van der Waals surface area contributed by atoms with E-state index in [1.54, 1.807) is 48.5 Å². The van der Waals surface area contributed by atoms with Crippen molar-refractivity contribution < 1.29 is 19.1 Å². The number of halogens is 1. The van der Waals surface area contributed by atoms with Crippen LogP contribution in [0.1, 0.15) is 52.8 Å². The Hall–Kier alpha value is -2.33. The summed E-state index contributed by atoms with van der Waals surface area (Å²) in [6, 6.07) is 13.2. The topological polar surface area (TPSA) is 52.6 Å². The van der Waals surface area contributed by atoms with Crippen LogP contribution >= 0.6 is 11.6 Å². The minimum atomic E-state index is -0.636. The molecule has 0 spiro atoms. The molecule has 2 aromatic rings. The van der Waals surface area contributed by atoms with Gasteiger partial charge in [0.25, 0.3) is 0 Å². The van der Waals surface area contributed by atoms with E-state index in [4.69, 9.17) is 21.1 Å². The molecule has 0 aromatic heterocycles. The molecule has 1 saturated carbocycles. The van der Waals surface area contributed by atoms with Crippen LogP contribution in [-0.2, 0) is 4.74 Å². The molecule has 26 heavy (non-hydrogen) atoms. The summed E-state index contributed by atoms with van der Waals surface area (Å²) in [5.74, 6) is -0.468. The van der Waals surface area contributed by atoms with Crippen molar-refractivity contribution in [3.8, 4) is 5.75 Å². The summed E-state index contributed by atoms with van der Waals surface area (Å²) in [6.45, 7) is 0.396. The van der Waals surface area contributed by atoms with Gasteiger partial charge in [-0.15, -0.1) is 0 Å². The first-order chi connectivity index (χ1) is 12.6. The zero-order chi connectivity index (χ0) is 18.4. The maximum absolute atomic E-state index is 12.5. The molecule has 2 aromatic carbocycles. The molecule has 136 valence electrons. The number of ether oxygens (including phenoxy) is 2. The molecule has 4 nitrogen and oxygen atoms in total. The lowest BCUT2D eigenvalue weighted by Gasteiger charge is -2.21. The van der Waals surface area contributed by atoms with Crippen molar-refractivity contribution in [3.63, 3.8) is 0 Å².